The number of rotatable bonds is 4. The predicted octanol–water partition coefficient (Wildman–Crippen LogP) is 1.46. The topological polar surface area (TPSA) is 98.7 Å². The van der Waals surface area contributed by atoms with Crippen LogP contribution in [0.4, 0.5) is 14.9 Å². The molecule has 1 aromatic rings. The number of carboxylic acids is 1. The first kappa shape index (κ1) is 15.4. The van der Waals surface area contributed by atoms with Crippen molar-refractivity contribution in [3.63, 3.8) is 0 Å². The molecule has 0 saturated carbocycles. The van der Waals surface area contributed by atoms with Gasteiger partial charge in [0.2, 0.25) is 0 Å². The quantitative estimate of drug-likeness (QED) is 0.670. The summed E-state index contributed by atoms with van der Waals surface area (Å²) in [6.45, 7) is 0.862. The third-order valence-electron chi connectivity index (χ3n) is 2.30. The molecule has 6 nitrogen and oxygen atoms in total. The van der Waals surface area contributed by atoms with Crippen molar-refractivity contribution in [3.8, 4) is 0 Å². The lowest BCUT2D eigenvalue weighted by molar-refractivity contribution is -0.140. The van der Waals surface area contributed by atoms with E-state index < -0.39 is 30.5 Å². The zero-order valence-corrected chi connectivity index (χ0v) is 11.5. The van der Waals surface area contributed by atoms with Gasteiger partial charge in [0.25, 0.3) is 0 Å². The molecule has 1 rings (SSSR count). The number of carboxylic acid groups (broad SMARTS) is 1. The van der Waals surface area contributed by atoms with Crippen molar-refractivity contribution in [1.82, 2.24) is 5.32 Å². The molecule has 4 N–H and O–H groups in total. The zero-order valence-electron chi connectivity index (χ0n) is 9.91. The molecule has 0 saturated heterocycles. The van der Waals surface area contributed by atoms with Crippen LogP contribution in [0, 0.1) is 12.7 Å². The number of hydrogen-bond donors (Lipinski definition) is 4. The molecule has 0 aliphatic carbocycles. The van der Waals surface area contributed by atoms with Gasteiger partial charge in [0, 0.05) is 5.69 Å². The van der Waals surface area contributed by atoms with Gasteiger partial charge in [-0.2, -0.15) is 0 Å². The first-order chi connectivity index (χ1) is 8.85. The van der Waals surface area contributed by atoms with Crippen LogP contribution in [0.2, 0.25) is 0 Å². The molecule has 0 aromatic heterocycles. The van der Waals surface area contributed by atoms with E-state index in [1.165, 1.54) is 12.1 Å². The van der Waals surface area contributed by atoms with Crippen LogP contribution in [0.1, 0.15) is 5.56 Å². The summed E-state index contributed by atoms with van der Waals surface area (Å²) in [5, 5.41) is 21.9. The fourth-order valence-electron chi connectivity index (χ4n) is 1.28. The highest BCUT2D eigenvalue weighted by Gasteiger charge is 2.19. The van der Waals surface area contributed by atoms with Crippen LogP contribution in [-0.2, 0) is 4.79 Å². The van der Waals surface area contributed by atoms with Gasteiger partial charge in [-0.05, 0) is 40.5 Å². The third-order valence-corrected chi connectivity index (χ3v) is 2.91. The number of aryl methyl sites for hydroxylation is 1. The van der Waals surface area contributed by atoms with E-state index in [1.807, 2.05) is 0 Å². The number of anilines is 1. The number of aliphatic hydroxyl groups is 1. The Hall–Kier alpha value is -1.67. The van der Waals surface area contributed by atoms with Crippen LogP contribution in [0.15, 0.2) is 16.6 Å². The van der Waals surface area contributed by atoms with Gasteiger partial charge in [-0.15, -0.1) is 0 Å². The Labute approximate surface area is 116 Å². The lowest BCUT2D eigenvalue weighted by Crippen LogP contribution is -2.45. The molecular formula is C11H12BrFN2O4. The van der Waals surface area contributed by atoms with Gasteiger partial charge in [-0.3, -0.25) is 0 Å². The maximum atomic E-state index is 13.2. The molecule has 0 bridgehead atoms. The highest BCUT2D eigenvalue weighted by atomic mass is 79.9. The number of carbonyl (C=O) groups excluding carboxylic acids is 1. The summed E-state index contributed by atoms with van der Waals surface area (Å²) in [5.74, 6) is -1.82. The van der Waals surface area contributed by atoms with Crippen molar-refractivity contribution in [2.75, 3.05) is 11.9 Å². The van der Waals surface area contributed by atoms with Crippen molar-refractivity contribution in [2.45, 2.75) is 13.0 Å². The normalized spacial score (nSPS) is 11.8. The highest BCUT2D eigenvalue weighted by molar-refractivity contribution is 9.10. The summed E-state index contributed by atoms with van der Waals surface area (Å²) in [6, 6.07) is 0.381. The summed E-state index contributed by atoms with van der Waals surface area (Å²) in [5.41, 5.74) is 0.805. The van der Waals surface area contributed by atoms with Gasteiger partial charge in [0.15, 0.2) is 6.04 Å². The molecular weight excluding hydrogens is 323 g/mol. The van der Waals surface area contributed by atoms with E-state index in [1.54, 1.807) is 6.92 Å². The number of amides is 2. The lowest BCUT2D eigenvalue weighted by atomic mass is 10.2. The third kappa shape index (κ3) is 4.18. The Morgan fingerprint density at radius 3 is 2.63 bits per heavy atom. The fraction of sp³-hybridized carbons (Fsp3) is 0.273. The predicted molar refractivity (Wildman–Crippen MR) is 69.5 cm³/mol. The minimum atomic E-state index is -1.40. The van der Waals surface area contributed by atoms with Crippen LogP contribution in [0.5, 0.6) is 0 Å². The standard InChI is InChI=1S/C11H12BrFN2O4/c1-5-2-7(13)6(12)3-8(5)14-11(19)15-9(4-16)10(17)18/h2-3,9,16H,4H2,1H3,(H,17,18)(H2,14,15,19)/t9-/m0/s1. The van der Waals surface area contributed by atoms with Crippen molar-refractivity contribution >= 4 is 33.6 Å². The summed E-state index contributed by atoms with van der Waals surface area (Å²) >= 11 is 2.98. The maximum absolute atomic E-state index is 13.2. The Bertz CT molecular complexity index is 510. The number of carbonyl (C=O) groups is 2. The summed E-state index contributed by atoms with van der Waals surface area (Å²) < 4.78 is 13.4. The number of benzene rings is 1. The van der Waals surface area contributed by atoms with E-state index in [0.29, 0.717) is 11.3 Å². The van der Waals surface area contributed by atoms with E-state index in [0.717, 1.165) is 0 Å². The Morgan fingerprint density at radius 2 is 2.11 bits per heavy atom. The lowest BCUT2D eigenvalue weighted by Gasteiger charge is -2.14. The van der Waals surface area contributed by atoms with Crippen molar-refractivity contribution < 1.29 is 24.2 Å². The average molecular weight is 335 g/mol. The molecule has 19 heavy (non-hydrogen) atoms. The number of aliphatic carboxylic acids is 1. The van der Waals surface area contributed by atoms with Gasteiger partial charge >= 0.3 is 12.0 Å². The molecule has 2 amide bonds. The molecule has 8 heteroatoms. The molecule has 1 aromatic carbocycles. The molecule has 1 atom stereocenters. The number of aliphatic hydroxyl groups excluding tert-OH is 1. The molecule has 104 valence electrons. The monoisotopic (exact) mass is 334 g/mol. The smallest absolute Gasteiger partial charge is 0.328 e. The number of urea groups is 1. The van der Waals surface area contributed by atoms with Gasteiger partial charge in [0.05, 0.1) is 11.1 Å². The first-order valence-corrected chi connectivity index (χ1v) is 6.01. The van der Waals surface area contributed by atoms with Crippen molar-refractivity contribution in [1.29, 1.82) is 0 Å². The van der Waals surface area contributed by atoms with Gasteiger partial charge < -0.3 is 20.8 Å². The van der Waals surface area contributed by atoms with E-state index >= 15 is 0 Å². The van der Waals surface area contributed by atoms with Crippen LogP contribution in [0.3, 0.4) is 0 Å². The summed E-state index contributed by atoms with van der Waals surface area (Å²) in [6.07, 6.45) is 0. The Balaban J connectivity index is 2.77. The second-order valence-corrected chi connectivity index (χ2v) is 4.61. The number of halogens is 2. The largest absolute Gasteiger partial charge is 0.480 e. The summed E-state index contributed by atoms with van der Waals surface area (Å²) in [7, 11) is 0. The van der Waals surface area contributed by atoms with Gasteiger partial charge in [-0.1, -0.05) is 0 Å². The Kier molecular flexibility index (Phi) is 5.25. The second-order valence-electron chi connectivity index (χ2n) is 3.75. The van der Waals surface area contributed by atoms with Crippen LogP contribution in [0.25, 0.3) is 0 Å². The molecule has 0 spiro atoms. The molecule has 0 aliphatic rings. The minimum absolute atomic E-state index is 0.172. The molecule has 0 heterocycles. The second kappa shape index (κ2) is 6.48. The van der Waals surface area contributed by atoms with E-state index in [4.69, 9.17) is 10.2 Å². The van der Waals surface area contributed by atoms with Gasteiger partial charge in [0.1, 0.15) is 5.82 Å². The van der Waals surface area contributed by atoms with Crippen LogP contribution < -0.4 is 10.6 Å². The average Bonchev–Trinajstić information content (AvgIpc) is 2.32. The van der Waals surface area contributed by atoms with Crippen molar-refractivity contribution in [3.05, 3.63) is 28.0 Å². The Morgan fingerprint density at radius 1 is 1.47 bits per heavy atom. The van der Waals surface area contributed by atoms with Crippen molar-refractivity contribution in [2.24, 2.45) is 0 Å². The zero-order chi connectivity index (χ0) is 14.6. The molecule has 0 radical (unpaired) electrons. The van der Waals surface area contributed by atoms with E-state index in [2.05, 4.69) is 26.6 Å². The fourth-order valence-corrected chi connectivity index (χ4v) is 1.63. The van der Waals surface area contributed by atoms with E-state index in [9.17, 15) is 14.0 Å². The molecule has 0 aliphatic heterocycles. The molecule has 0 fully saturated rings. The minimum Gasteiger partial charge on any atom is -0.480 e. The van der Waals surface area contributed by atoms with Crippen LogP contribution in [-0.4, -0.2) is 34.9 Å². The number of nitrogens with one attached hydrogen (secondary N) is 2. The highest BCUT2D eigenvalue weighted by Crippen LogP contribution is 2.24. The van der Waals surface area contributed by atoms with Crippen LogP contribution >= 0.6 is 15.9 Å². The number of hydrogen-bond acceptors (Lipinski definition) is 3. The SMILES string of the molecule is Cc1cc(F)c(Br)cc1NC(=O)N[C@@H](CO)C(=O)O. The van der Waals surface area contributed by atoms with E-state index in [-0.39, 0.29) is 4.47 Å². The summed E-state index contributed by atoms with van der Waals surface area (Å²) in [4.78, 5) is 22.2. The molecule has 0 unspecified atom stereocenters. The first-order valence-electron chi connectivity index (χ1n) is 5.22. The maximum Gasteiger partial charge on any atom is 0.328 e. The van der Waals surface area contributed by atoms with Gasteiger partial charge in [-0.25, -0.2) is 14.0 Å².